The monoisotopic (exact) mass is 310 g/mol. The van der Waals surface area contributed by atoms with E-state index in [0.717, 1.165) is 37.5 Å². The Morgan fingerprint density at radius 3 is 2.90 bits per heavy atom. The number of aryl methyl sites for hydroxylation is 1. The molecule has 0 atom stereocenters. The zero-order valence-electron chi connectivity index (χ0n) is 13.5. The van der Waals surface area contributed by atoms with Crippen molar-refractivity contribution in [3.05, 3.63) is 17.5 Å². The van der Waals surface area contributed by atoms with Gasteiger partial charge >= 0.3 is 0 Å². The minimum atomic E-state index is -0.0623. The minimum Gasteiger partial charge on any atom is -0.350 e. The molecule has 21 heavy (non-hydrogen) atoms. The first kappa shape index (κ1) is 16.4. The fraction of sp³-hybridized carbons (Fsp3) is 0.733. The molecule has 0 saturated heterocycles. The van der Waals surface area contributed by atoms with Gasteiger partial charge in [-0.15, -0.1) is 0 Å². The van der Waals surface area contributed by atoms with Crippen molar-refractivity contribution in [2.75, 3.05) is 25.9 Å². The molecule has 1 aromatic rings. The number of amides is 1. The minimum absolute atomic E-state index is 0.0623. The summed E-state index contributed by atoms with van der Waals surface area (Å²) in [4.78, 5) is 14.4. The van der Waals surface area contributed by atoms with Crippen LogP contribution in [0.1, 0.15) is 43.4 Å². The molecule has 0 saturated carbocycles. The van der Waals surface area contributed by atoms with Gasteiger partial charge in [0.2, 0.25) is 0 Å². The Morgan fingerprint density at radius 2 is 2.19 bits per heavy atom. The Morgan fingerprint density at radius 1 is 1.43 bits per heavy atom. The van der Waals surface area contributed by atoms with Gasteiger partial charge in [-0.05, 0) is 19.5 Å². The van der Waals surface area contributed by atoms with E-state index in [-0.39, 0.29) is 10.7 Å². The van der Waals surface area contributed by atoms with E-state index in [1.165, 1.54) is 0 Å². The van der Waals surface area contributed by atoms with Gasteiger partial charge in [0.25, 0.3) is 5.91 Å². The van der Waals surface area contributed by atoms with Crippen molar-refractivity contribution in [1.82, 2.24) is 20.0 Å². The molecular weight excluding hydrogens is 284 g/mol. The smallest absolute Gasteiger partial charge is 0.271 e. The predicted octanol–water partition coefficient (Wildman–Crippen LogP) is 1.98. The highest BCUT2D eigenvalue weighted by molar-refractivity contribution is 8.00. The molecule has 2 rings (SSSR count). The lowest BCUT2D eigenvalue weighted by molar-refractivity contribution is 0.0950. The average molecular weight is 310 g/mol. The zero-order valence-corrected chi connectivity index (χ0v) is 14.3. The molecule has 0 radical (unpaired) electrons. The second-order valence-electron chi connectivity index (χ2n) is 6.55. The van der Waals surface area contributed by atoms with Gasteiger partial charge in [0, 0.05) is 36.7 Å². The highest BCUT2D eigenvalue weighted by Gasteiger charge is 2.18. The van der Waals surface area contributed by atoms with E-state index in [2.05, 4.69) is 43.1 Å². The third-order valence-electron chi connectivity index (χ3n) is 3.36. The van der Waals surface area contributed by atoms with Crippen molar-refractivity contribution in [2.45, 2.75) is 45.0 Å². The van der Waals surface area contributed by atoms with Gasteiger partial charge in [-0.2, -0.15) is 16.9 Å². The Kier molecular flexibility index (Phi) is 5.32. The summed E-state index contributed by atoms with van der Waals surface area (Å²) in [5.74, 6) is 0.860. The van der Waals surface area contributed by atoms with Crippen molar-refractivity contribution in [3.63, 3.8) is 0 Å². The number of carbonyl (C=O) groups is 1. The van der Waals surface area contributed by atoms with Crippen LogP contribution in [-0.2, 0) is 13.1 Å². The zero-order chi connectivity index (χ0) is 15.5. The second kappa shape index (κ2) is 6.83. The maximum Gasteiger partial charge on any atom is 0.271 e. The molecule has 2 heterocycles. The van der Waals surface area contributed by atoms with Gasteiger partial charge in [-0.25, -0.2) is 0 Å². The summed E-state index contributed by atoms with van der Waals surface area (Å²) in [5, 5.41) is 7.40. The first-order chi connectivity index (χ1) is 9.85. The molecule has 1 aliphatic heterocycles. The lowest BCUT2D eigenvalue weighted by atomic mass is 10.3. The normalized spacial score (nSPS) is 16.4. The quantitative estimate of drug-likeness (QED) is 0.864. The summed E-state index contributed by atoms with van der Waals surface area (Å²) in [6.45, 7) is 10.1. The third-order valence-corrected chi connectivity index (χ3v) is 4.63. The van der Waals surface area contributed by atoms with Gasteiger partial charge in [-0.3, -0.25) is 9.48 Å². The largest absolute Gasteiger partial charge is 0.350 e. The van der Waals surface area contributed by atoms with Gasteiger partial charge in [-0.1, -0.05) is 20.8 Å². The summed E-state index contributed by atoms with van der Waals surface area (Å²) in [6.07, 6.45) is 1.08. The van der Waals surface area contributed by atoms with Crippen LogP contribution in [0.15, 0.2) is 6.07 Å². The van der Waals surface area contributed by atoms with Crippen molar-refractivity contribution in [1.29, 1.82) is 0 Å². The Labute approximate surface area is 131 Å². The molecular formula is C15H26N4OS. The van der Waals surface area contributed by atoms with Crippen LogP contribution in [0.25, 0.3) is 0 Å². The first-order valence-electron chi connectivity index (χ1n) is 7.52. The molecule has 0 bridgehead atoms. The standard InChI is InChI=1S/C15H26N4OS/c1-15(2,3)21-9-6-16-14(20)13-10-12-11-18(4)7-5-8-19(12)17-13/h10H,5-9,11H2,1-4H3,(H,16,20). The van der Waals surface area contributed by atoms with E-state index in [9.17, 15) is 4.79 Å². The van der Waals surface area contributed by atoms with Crippen LogP contribution in [0, 0.1) is 0 Å². The average Bonchev–Trinajstić information content (AvgIpc) is 2.68. The van der Waals surface area contributed by atoms with E-state index >= 15 is 0 Å². The molecule has 5 nitrogen and oxygen atoms in total. The second-order valence-corrected chi connectivity index (χ2v) is 8.47. The molecule has 0 aromatic carbocycles. The molecule has 6 heteroatoms. The Bertz CT molecular complexity index is 492. The van der Waals surface area contributed by atoms with E-state index in [0.29, 0.717) is 12.2 Å². The predicted molar refractivity (Wildman–Crippen MR) is 87.7 cm³/mol. The van der Waals surface area contributed by atoms with E-state index in [4.69, 9.17) is 0 Å². The number of carbonyl (C=O) groups excluding carboxylic acids is 1. The molecule has 0 aliphatic carbocycles. The molecule has 118 valence electrons. The number of thioether (sulfide) groups is 1. The number of hydrogen-bond acceptors (Lipinski definition) is 4. The summed E-state index contributed by atoms with van der Waals surface area (Å²) >= 11 is 1.85. The maximum atomic E-state index is 12.1. The van der Waals surface area contributed by atoms with Crippen LogP contribution in [0.4, 0.5) is 0 Å². The molecule has 0 unspecified atom stereocenters. The molecule has 1 N–H and O–H groups in total. The van der Waals surface area contributed by atoms with Crippen LogP contribution in [0.2, 0.25) is 0 Å². The summed E-state index contributed by atoms with van der Waals surface area (Å²) in [6, 6.07) is 1.92. The van der Waals surface area contributed by atoms with Crippen molar-refractivity contribution >= 4 is 17.7 Å². The molecule has 1 amide bonds. The fourth-order valence-electron chi connectivity index (χ4n) is 2.35. The highest BCUT2D eigenvalue weighted by atomic mass is 32.2. The summed E-state index contributed by atoms with van der Waals surface area (Å²) in [7, 11) is 2.10. The number of hydrogen-bond donors (Lipinski definition) is 1. The van der Waals surface area contributed by atoms with Crippen molar-refractivity contribution < 1.29 is 4.79 Å². The Hall–Kier alpha value is -1.01. The van der Waals surface area contributed by atoms with Crippen LogP contribution in [-0.4, -0.2) is 51.2 Å². The summed E-state index contributed by atoms with van der Waals surface area (Å²) in [5.41, 5.74) is 1.67. The third kappa shape index (κ3) is 5.04. The first-order valence-corrected chi connectivity index (χ1v) is 8.51. The van der Waals surface area contributed by atoms with Crippen molar-refractivity contribution in [3.8, 4) is 0 Å². The van der Waals surface area contributed by atoms with E-state index < -0.39 is 0 Å². The van der Waals surface area contributed by atoms with Crippen LogP contribution in [0.5, 0.6) is 0 Å². The highest BCUT2D eigenvalue weighted by Crippen LogP contribution is 2.22. The van der Waals surface area contributed by atoms with Crippen molar-refractivity contribution in [2.24, 2.45) is 0 Å². The number of aromatic nitrogens is 2. The lowest BCUT2D eigenvalue weighted by Crippen LogP contribution is -2.27. The van der Waals surface area contributed by atoms with Gasteiger partial charge in [0.1, 0.15) is 5.69 Å². The van der Waals surface area contributed by atoms with Gasteiger partial charge in [0.15, 0.2) is 0 Å². The maximum absolute atomic E-state index is 12.1. The van der Waals surface area contributed by atoms with Gasteiger partial charge in [0.05, 0.1) is 5.69 Å². The topological polar surface area (TPSA) is 50.2 Å². The van der Waals surface area contributed by atoms with Gasteiger partial charge < -0.3 is 10.2 Å². The number of rotatable bonds is 4. The molecule has 0 fully saturated rings. The van der Waals surface area contributed by atoms with Crippen LogP contribution >= 0.6 is 11.8 Å². The van der Waals surface area contributed by atoms with E-state index in [1.807, 2.05) is 22.5 Å². The van der Waals surface area contributed by atoms with Crippen LogP contribution < -0.4 is 5.32 Å². The van der Waals surface area contributed by atoms with Crippen LogP contribution in [0.3, 0.4) is 0 Å². The number of nitrogens with zero attached hydrogens (tertiary/aromatic N) is 3. The SMILES string of the molecule is CN1CCCn2nc(C(=O)NCCSC(C)(C)C)cc2C1. The molecule has 0 spiro atoms. The van der Waals surface area contributed by atoms with E-state index in [1.54, 1.807) is 0 Å². The fourth-order valence-corrected chi connectivity index (χ4v) is 3.16. The summed E-state index contributed by atoms with van der Waals surface area (Å²) < 4.78 is 2.21. The number of fused-ring (bicyclic) bond motifs is 1. The molecule has 1 aliphatic rings. The lowest BCUT2D eigenvalue weighted by Gasteiger charge is -2.17. The Balaban J connectivity index is 1.87. The molecule has 1 aromatic heterocycles. The number of nitrogens with one attached hydrogen (secondary N) is 1.